The third-order valence-corrected chi connectivity index (χ3v) is 4.91. The number of amides is 1. The van der Waals surface area contributed by atoms with E-state index in [0.717, 1.165) is 4.90 Å². The van der Waals surface area contributed by atoms with Crippen molar-refractivity contribution in [3.8, 4) is 0 Å². The highest BCUT2D eigenvalue weighted by molar-refractivity contribution is 8.00. The normalized spacial score (nSPS) is 16.8. The maximum atomic E-state index is 13.2. The van der Waals surface area contributed by atoms with E-state index in [0.29, 0.717) is 31.2 Å². The van der Waals surface area contributed by atoms with Gasteiger partial charge in [-0.1, -0.05) is 11.6 Å². The van der Waals surface area contributed by atoms with Crippen molar-refractivity contribution in [3.05, 3.63) is 29.3 Å². The Morgan fingerprint density at radius 3 is 2.44 bits per heavy atom. The molecule has 0 radical (unpaired) electrons. The zero-order valence-corrected chi connectivity index (χ0v) is 15.7. The molecule has 2 rings (SSSR count). The molecular weight excluding hydrogens is 398 g/mol. The van der Waals surface area contributed by atoms with Crippen LogP contribution in [-0.4, -0.2) is 61.5 Å². The zero-order chi connectivity index (χ0) is 17.6. The van der Waals surface area contributed by atoms with Crippen molar-refractivity contribution in [2.75, 3.05) is 38.5 Å². The molecule has 0 spiro atoms. The third-order valence-electron chi connectivity index (χ3n) is 3.65. The number of nitrogens with one attached hydrogen (secondary N) is 2. The molecule has 1 fully saturated rings. The van der Waals surface area contributed by atoms with Crippen LogP contribution in [0.25, 0.3) is 0 Å². The van der Waals surface area contributed by atoms with E-state index in [1.807, 2.05) is 0 Å². The van der Waals surface area contributed by atoms with Crippen LogP contribution in [0, 0.1) is 0 Å². The van der Waals surface area contributed by atoms with Gasteiger partial charge >= 0.3 is 6.18 Å². The van der Waals surface area contributed by atoms with Crippen LogP contribution < -0.4 is 10.6 Å². The summed E-state index contributed by atoms with van der Waals surface area (Å²) in [6, 6.07) is 5.28. The summed E-state index contributed by atoms with van der Waals surface area (Å²) in [6.07, 6.45) is -4.37. The molecule has 1 aliphatic heterocycles. The number of carbonyl (C=O) groups is 1. The number of benzene rings is 1. The Labute approximate surface area is 160 Å². The van der Waals surface area contributed by atoms with E-state index in [1.54, 1.807) is 24.3 Å². The molecule has 1 aromatic carbocycles. The number of piperazine rings is 1. The van der Waals surface area contributed by atoms with Crippen LogP contribution in [0.3, 0.4) is 0 Å². The van der Waals surface area contributed by atoms with Crippen molar-refractivity contribution >= 4 is 41.7 Å². The van der Waals surface area contributed by atoms with Gasteiger partial charge in [0.05, 0.1) is 5.75 Å². The van der Waals surface area contributed by atoms with Gasteiger partial charge in [-0.05, 0) is 24.3 Å². The Balaban J connectivity index is 0.00000312. The van der Waals surface area contributed by atoms with Gasteiger partial charge in [0.1, 0.15) is 6.04 Å². The number of rotatable bonds is 6. The molecule has 0 saturated carbocycles. The number of hydrogen-bond donors (Lipinski definition) is 2. The summed E-state index contributed by atoms with van der Waals surface area (Å²) in [4.78, 5) is 14.0. The third kappa shape index (κ3) is 7.62. The summed E-state index contributed by atoms with van der Waals surface area (Å²) in [7, 11) is 0. The molecule has 1 atom stereocenters. The van der Waals surface area contributed by atoms with Gasteiger partial charge in [-0.2, -0.15) is 13.2 Å². The molecule has 1 heterocycles. The van der Waals surface area contributed by atoms with Crippen molar-refractivity contribution < 1.29 is 18.0 Å². The van der Waals surface area contributed by atoms with E-state index in [1.165, 1.54) is 16.7 Å². The van der Waals surface area contributed by atoms with E-state index in [2.05, 4.69) is 10.6 Å². The molecule has 0 aromatic heterocycles. The average molecular weight is 418 g/mol. The highest BCUT2D eigenvalue weighted by atomic mass is 35.5. The van der Waals surface area contributed by atoms with Crippen molar-refractivity contribution in [3.63, 3.8) is 0 Å². The van der Waals surface area contributed by atoms with Crippen LogP contribution in [0.1, 0.15) is 0 Å². The van der Waals surface area contributed by atoms with Gasteiger partial charge in [-0.15, -0.1) is 24.2 Å². The molecule has 2 N–H and O–H groups in total. The maximum absolute atomic E-state index is 13.2. The largest absolute Gasteiger partial charge is 0.405 e. The molecule has 1 aromatic rings. The number of carbonyl (C=O) groups excluding carboxylic acids is 1. The fourth-order valence-electron chi connectivity index (χ4n) is 2.39. The van der Waals surface area contributed by atoms with Crippen molar-refractivity contribution in [2.24, 2.45) is 0 Å². The molecule has 10 heteroatoms. The second-order valence-electron chi connectivity index (χ2n) is 5.39. The van der Waals surface area contributed by atoms with Crippen LogP contribution in [-0.2, 0) is 4.79 Å². The number of alkyl halides is 3. The van der Waals surface area contributed by atoms with E-state index < -0.39 is 24.7 Å². The zero-order valence-electron chi connectivity index (χ0n) is 13.3. The van der Waals surface area contributed by atoms with Gasteiger partial charge in [0.2, 0.25) is 5.91 Å². The number of nitrogens with zero attached hydrogens (tertiary/aromatic N) is 1. The Kier molecular flexibility index (Phi) is 9.37. The second kappa shape index (κ2) is 10.5. The summed E-state index contributed by atoms with van der Waals surface area (Å²) < 4.78 is 39.6. The number of hydrogen-bond acceptors (Lipinski definition) is 4. The van der Waals surface area contributed by atoms with Crippen LogP contribution in [0.15, 0.2) is 29.2 Å². The first-order valence-electron chi connectivity index (χ1n) is 7.53. The van der Waals surface area contributed by atoms with Gasteiger partial charge in [0.25, 0.3) is 0 Å². The first-order chi connectivity index (χ1) is 11.4. The predicted molar refractivity (Wildman–Crippen MR) is 96.7 cm³/mol. The van der Waals surface area contributed by atoms with E-state index in [4.69, 9.17) is 11.6 Å². The first kappa shape index (κ1) is 22.4. The monoisotopic (exact) mass is 417 g/mol. The lowest BCUT2D eigenvalue weighted by atomic mass is 10.2. The van der Waals surface area contributed by atoms with Crippen LogP contribution in [0.2, 0.25) is 5.02 Å². The topological polar surface area (TPSA) is 44.4 Å². The Morgan fingerprint density at radius 1 is 1.28 bits per heavy atom. The molecule has 0 bridgehead atoms. The van der Waals surface area contributed by atoms with E-state index in [9.17, 15) is 18.0 Å². The smallest absolute Gasteiger partial charge is 0.353 e. The standard InChI is InChI=1S/C15H19ClF3N3OS.ClH/c16-11-1-3-12(4-2-11)24-10-14(23)21-9-13(15(17,18)19)22-7-5-20-6-8-22;/h1-4,13,20H,5-10H2,(H,21,23);1H. The van der Waals surface area contributed by atoms with Crippen molar-refractivity contribution in [2.45, 2.75) is 17.1 Å². The quantitative estimate of drug-likeness (QED) is 0.698. The summed E-state index contributed by atoms with van der Waals surface area (Å²) in [5.74, 6) is -0.354. The molecule has 142 valence electrons. The van der Waals surface area contributed by atoms with Gasteiger partial charge in [-0.25, -0.2) is 0 Å². The second-order valence-corrected chi connectivity index (χ2v) is 6.88. The maximum Gasteiger partial charge on any atom is 0.405 e. The van der Waals surface area contributed by atoms with Crippen LogP contribution in [0.5, 0.6) is 0 Å². The molecule has 4 nitrogen and oxygen atoms in total. The lowest BCUT2D eigenvalue weighted by molar-refractivity contribution is -0.183. The number of halogens is 5. The SMILES string of the molecule is Cl.O=C(CSc1ccc(Cl)cc1)NCC(N1CCNCC1)C(F)(F)F. The summed E-state index contributed by atoms with van der Waals surface area (Å²) in [5, 5.41) is 6.01. The Bertz CT molecular complexity index is 540. The van der Waals surface area contributed by atoms with Crippen LogP contribution >= 0.6 is 35.8 Å². The molecule has 1 aliphatic rings. The molecule has 1 unspecified atom stereocenters. The molecular formula is C15H20Cl2F3N3OS. The minimum atomic E-state index is -4.37. The summed E-state index contributed by atoms with van der Waals surface area (Å²) >= 11 is 7.03. The summed E-state index contributed by atoms with van der Waals surface area (Å²) in [5.41, 5.74) is 0. The van der Waals surface area contributed by atoms with Gasteiger partial charge in [-0.3, -0.25) is 9.69 Å². The highest BCUT2D eigenvalue weighted by Gasteiger charge is 2.43. The summed E-state index contributed by atoms with van der Waals surface area (Å²) in [6.45, 7) is 1.25. The van der Waals surface area contributed by atoms with Crippen molar-refractivity contribution in [1.29, 1.82) is 0 Å². The molecule has 0 aliphatic carbocycles. The highest BCUT2D eigenvalue weighted by Crippen LogP contribution is 2.25. The lowest BCUT2D eigenvalue weighted by Crippen LogP contribution is -2.57. The molecule has 25 heavy (non-hydrogen) atoms. The van der Waals surface area contributed by atoms with Crippen molar-refractivity contribution in [1.82, 2.24) is 15.5 Å². The molecule has 1 amide bonds. The average Bonchev–Trinajstić information content (AvgIpc) is 2.54. The minimum Gasteiger partial charge on any atom is -0.353 e. The minimum absolute atomic E-state index is 0. The molecule has 1 saturated heterocycles. The van der Waals surface area contributed by atoms with E-state index >= 15 is 0 Å². The van der Waals surface area contributed by atoms with Gasteiger partial charge in [0.15, 0.2) is 0 Å². The fraction of sp³-hybridized carbons (Fsp3) is 0.533. The van der Waals surface area contributed by atoms with Gasteiger partial charge in [0, 0.05) is 42.6 Å². The van der Waals surface area contributed by atoms with Gasteiger partial charge < -0.3 is 10.6 Å². The van der Waals surface area contributed by atoms with Crippen LogP contribution in [0.4, 0.5) is 13.2 Å². The van der Waals surface area contributed by atoms with E-state index in [-0.39, 0.29) is 18.2 Å². The lowest BCUT2D eigenvalue weighted by Gasteiger charge is -2.35. The fourth-order valence-corrected chi connectivity index (χ4v) is 3.24. The first-order valence-corrected chi connectivity index (χ1v) is 8.89. The predicted octanol–water partition coefficient (Wildman–Crippen LogP) is 2.81. The number of thioether (sulfide) groups is 1. The Hall–Kier alpha value is -0.670. The Morgan fingerprint density at radius 2 is 1.88 bits per heavy atom.